The molecule has 0 aliphatic carbocycles. The van der Waals surface area contributed by atoms with Gasteiger partial charge >= 0.3 is 11.9 Å². The lowest BCUT2D eigenvalue weighted by atomic mass is 10.0. The van der Waals surface area contributed by atoms with E-state index in [4.69, 9.17) is 10.2 Å². The van der Waals surface area contributed by atoms with Crippen molar-refractivity contribution >= 4 is 11.9 Å². The highest BCUT2D eigenvalue weighted by Crippen LogP contribution is 2.15. The number of unbranched alkanes of at least 4 members (excludes halogenated alkanes) is 28. The van der Waals surface area contributed by atoms with Gasteiger partial charge in [0.25, 0.3) is 0 Å². The minimum atomic E-state index is -0.657. The molecule has 0 aliphatic rings. The Hall–Kier alpha value is -1.06. The lowest BCUT2D eigenvalue weighted by Gasteiger charge is -2.03. The molecule has 0 heterocycles. The van der Waals surface area contributed by atoms with Crippen molar-refractivity contribution in [1.29, 1.82) is 0 Å². The summed E-state index contributed by atoms with van der Waals surface area (Å²) in [4.78, 5) is 20.6. The Labute approximate surface area is 250 Å². The molecule has 0 rings (SSSR count). The van der Waals surface area contributed by atoms with Crippen molar-refractivity contribution in [2.45, 2.75) is 219 Å². The minimum Gasteiger partial charge on any atom is -0.481 e. The van der Waals surface area contributed by atoms with Gasteiger partial charge < -0.3 is 10.2 Å². The van der Waals surface area contributed by atoms with Crippen LogP contribution in [0.3, 0.4) is 0 Å². The predicted octanol–water partition coefficient (Wildman–Crippen LogP) is 12.7. The van der Waals surface area contributed by atoms with Crippen molar-refractivity contribution < 1.29 is 19.8 Å². The summed E-state index contributed by atoms with van der Waals surface area (Å²) < 4.78 is 0. The molecule has 0 saturated carbocycles. The molecule has 240 valence electrons. The molecule has 4 heteroatoms. The summed E-state index contributed by atoms with van der Waals surface area (Å²) in [5.41, 5.74) is 0. The van der Waals surface area contributed by atoms with Crippen LogP contribution < -0.4 is 0 Å². The summed E-state index contributed by atoms with van der Waals surface area (Å²) in [6.07, 6.45) is 40.5. The fourth-order valence-electron chi connectivity index (χ4n) is 5.30. The summed E-state index contributed by atoms with van der Waals surface area (Å²) in [6.45, 7) is 4.53. The fourth-order valence-corrected chi connectivity index (χ4v) is 5.30. The summed E-state index contributed by atoms with van der Waals surface area (Å²) in [6, 6.07) is 0. The van der Waals surface area contributed by atoms with E-state index in [9.17, 15) is 9.59 Å². The largest absolute Gasteiger partial charge is 0.481 e. The molecule has 0 spiro atoms. The molecule has 0 bridgehead atoms. The highest BCUT2D eigenvalue weighted by atomic mass is 16.4. The first-order chi connectivity index (χ1) is 19.5. The molecule has 0 aromatic rings. The standard InChI is InChI=1S/C22H44O2.C14H28O2/c1-2-3-4-5-6-7-8-9-10-11-12-13-14-15-16-17-18-19-20-21-22(23)24;1-2-3-4-5-6-7-8-9-10-11-12-13-14(15)16/h2-21H2,1H3,(H,23,24);2-13H2,1H3,(H,15,16). The van der Waals surface area contributed by atoms with Crippen LogP contribution in [-0.4, -0.2) is 22.2 Å². The second-order valence-corrected chi connectivity index (χ2v) is 12.2. The van der Waals surface area contributed by atoms with Gasteiger partial charge in [0.1, 0.15) is 0 Å². The van der Waals surface area contributed by atoms with E-state index >= 15 is 0 Å². The second kappa shape index (κ2) is 37.9. The lowest BCUT2D eigenvalue weighted by molar-refractivity contribution is -0.138. The average molecular weight is 569 g/mol. The van der Waals surface area contributed by atoms with Gasteiger partial charge in [-0.2, -0.15) is 0 Å². The molecule has 0 aromatic heterocycles. The van der Waals surface area contributed by atoms with Crippen LogP contribution in [0.15, 0.2) is 0 Å². The van der Waals surface area contributed by atoms with Crippen molar-refractivity contribution in [3.05, 3.63) is 0 Å². The second-order valence-electron chi connectivity index (χ2n) is 12.2. The van der Waals surface area contributed by atoms with Gasteiger partial charge in [-0.1, -0.05) is 194 Å². The molecule has 0 fully saturated rings. The Bertz CT molecular complexity index is 491. The Morgan fingerprint density at radius 3 is 0.600 bits per heavy atom. The van der Waals surface area contributed by atoms with Gasteiger partial charge in [-0.05, 0) is 12.8 Å². The van der Waals surface area contributed by atoms with Crippen LogP contribution in [0, 0.1) is 0 Å². The Morgan fingerprint density at radius 1 is 0.300 bits per heavy atom. The van der Waals surface area contributed by atoms with Crippen LogP contribution in [0.25, 0.3) is 0 Å². The number of carbonyl (C=O) groups is 2. The Morgan fingerprint density at radius 2 is 0.450 bits per heavy atom. The van der Waals surface area contributed by atoms with E-state index in [-0.39, 0.29) is 0 Å². The van der Waals surface area contributed by atoms with E-state index in [1.54, 1.807) is 0 Å². The third-order valence-corrected chi connectivity index (χ3v) is 7.99. The van der Waals surface area contributed by atoms with Gasteiger partial charge in [0.2, 0.25) is 0 Å². The maximum atomic E-state index is 10.4. The minimum absolute atomic E-state index is 0.344. The summed E-state index contributed by atoms with van der Waals surface area (Å²) >= 11 is 0. The number of carboxylic acid groups (broad SMARTS) is 2. The molecule has 0 unspecified atom stereocenters. The monoisotopic (exact) mass is 569 g/mol. The zero-order valence-corrected chi connectivity index (χ0v) is 27.3. The molecular formula is C36H72O4. The van der Waals surface area contributed by atoms with E-state index in [0.29, 0.717) is 12.8 Å². The quantitative estimate of drug-likeness (QED) is 0.0791. The summed E-state index contributed by atoms with van der Waals surface area (Å²) in [7, 11) is 0. The highest BCUT2D eigenvalue weighted by Gasteiger charge is 1.98. The number of hydrogen-bond donors (Lipinski definition) is 2. The van der Waals surface area contributed by atoms with Crippen LogP contribution in [0.5, 0.6) is 0 Å². The Kier molecular flexibility index (Phi) is 39.0. The molecule has 0 amide bonds. The van der Waals surface area contributed by atoms with Crippen LogP contribution in [0.2, 0.25) is 0 Å². The van der Waals surface area contributed by atoms with Gasteiger partial charge in [0.05, 0.1) is 0 Å². The highest BCUT2D eigenvalue weighted by molar-refractivity contribution is 5.66. The lowest BCUT2D eigenvalue weighted by Crippen LogP contribution is -1.93. The predicted molar refractivity (Wildman–Crippen MR) is 174 cm³/mol. The molecule has 4 nitrogen and oxygen atoms in total. The number of rotatable bonds is 32. The van der Waals surface area contributed by atoms with E-state index in [2.05, 4.69) is 13.8 Å². The van der Waals surface area contributed by atoms with Crippen molar-refractivity contribution in [1.82, 2.24) is 0 Å². The number of carboxylic acids is 2. The third-order valence-electron chi connectivity index (χ3n) is 7.99. The van der Waals surface area contributed by atoms with Crippen LogP contribution >= 0.6 is 0 Å². The molecular weight excluding hydrogens is 496 g/mol. The molecule has 0 aromatic carbocycles. The summed E-state index contributed by atoms with van der Waals surface area (Å²) in [5, 5.41) is 17.0. The van der Waals surface area contributed by atoms with Gasteiger partial charge in [-0.15, -0.1) is 0 Å². The molecule has 2 N–H and O–H groups in total. The van der Waals surface area contributed by atoms with E-state index in [1.807, 2.05) is 0 Å². The van der Waals surface area contributed by atoms with Crippen LogP contribution in [0.4, 0.5) is 0 Å². The van der Waals surface area contributed by atoms with Crippen molar-refractivity contribution in [2.75, 3.05) is 0 Å². The summed E-state index contributed by atoms with van der Waals surface area (Å²) in [5.74, 6) is -1.31. The smallest absolute Gasteiger partial charge is 0.303 e. The van der Waals surface area contributed by atoms with E-state index < -0.39 is 11.9 Å². The maximum absolute atomic E-state index is 10.4. The normalized spacial score (nSPS) is 10.8. The van der Waals surface area contributed by atoms with Crippen LogP contribution in [0.1, 0.15) is 219 Å². The molecule has 40 heavy (non-hydrogen) atoms. The topological polar surface area (TPSA) is 74.6 Å². The molecule has 0 saturated heterocycles. The average Bonchev–Trinajstić information content (AvgIpc) is 2.93. The molecule has 0 radical (unpaired) electrons. The van der Waals surface area contributed by atoms with Crippen molar-refractivity contribution in [3.8, 4) is 0 Å². The van der Waals surface area contributed by atoms with Gasteiger partial charge in [-0.3, -0.25) is 9.59 Å². The van der Waals surface area contributed by atoms with Crippen molar-refractivity contribution in [3.63, 3.8) is 0 Å². The fraction of sp³-hybridized carbons (Fsp3) is 0.944. The SMILES string of the molecule is CCCCCCCCCCCCCC(=O)O.CCCCCCCCCCCCCCCCCCCCCC(=O)O. The van der Waals surface area contributed by atoms with Gasteiger partial charge in [0.15, 0.2) is 0 Å². The first kappa shape index (κ1) is 41.1. The first-order valence-electron chi connectivity index (χ1n) is 18.0. The zero-order valence-electron chi connectivity index (χ0n) is 27.3. The maximum Gasteiger partial charge on any atom is 0.303 e. The zero-order chi connectivity index (χ0) is 29.8. The van der Waals surface area contributed by atoms with Gasteiger partial charge in [0, 0.05) is 12.8 Å². The van der Waals surface area contributed by atoms with Crippen molar-refractivity contribution in [2.24, 2.45) is 0 Å². The number of hydrogen-bond acceptors (Lipinski definition) is 2. The third kappa shape index (κ3) is 44.0. The van der Waals surface area contributed by atoms with E-state index in [1.165, 1.54) is 167 Å². The number of aliphatic carboxylic acids is 2. The molecule has 0 aliphatic heterocycles. The molecule has 0 atom stereocenters. The van der Waals surface area contributed by atoms with E-state index in [0.717, 1.165) is 25.7 Å². The Balaban J connectivity index is 0. The van der Waals surface area contributed by atoms with Gasteiger partial charge in [-0.25, -0.2) is 0 Å². The first-order valence-corrected chi connectivity index (χ1v) is 18.0. The van der Waals surface area contributed by atoms with Crippen LogP contribution in [-0.2, 0) is 9.59 Å².